The lowest BCUT2D eigenvalue weighted by Gasteiger charge is -2.27. The molecule has 0 saturated carbocycles. The van der Waals surface area contributed by atoms with Gasteiger partial charge >= 0.3 is 6.18 Å². The molecular formula is C27H28F4N4O2. The predicted octanol–water partition coefficient (Wildman–Crippen LogP) is 6.70. The molecule has 0 aliphatic carbocycles. The van der Waals surface area contributed by atoms with Crippen LogP contribution in [0.25, 0.3) is 0 Å². The van der Waals surface area contributed by atoms with Crippen molar-refractivity contribution in [3.05, 3.63) is 71.3 Å². The first-order valence-electron chi connectivity index (χ1n) is 12.5. The Labute approximate surface area is 212 Å². The number of fused-ring (bicyclic) bond motifs is 1. The van der Waals surface area contributed by atoms with Crippen molar-refractivity contribution in [3.8, 4) is 11.5 Å². The van der Waals surface area contributed by atoms with Crippen molar-refractivity contribution in [2.45, 2.75) is 50.9 Å². The Morgan fingerprint density at radius 2 is 1.78 bits per heavy atom. The van der Waals surface area contributed by atoms with E-state index >= 15 is 4.39 Å². The summed E-state index contributed by atoms with van der Waals surface area (Å²) >= 11 is 0. The minimum absolute atomic E-state index is 0.0713. The second kappa shape index (κ2) is 10.4. The highest BCUT2D eigenvalue weighted by Gasteiger charge is 2.33. The largest absolute Gasteiger partial charge is 0.490 e. The molecule has 3 aromatic rings. The number of aromatic nitrogens is 2. The van der Waals surface area contributed by atoms with Crippen LogP contribution in [0.3, 0.4) is 0 Å². The fraction of sp³-hybridized carbons (Fsp3) is 0.407. The number of hydrogen-bond acceptors (Lipinski definition) is 6. The standard InChI is InChI=1S/C27H28F4N4O2/c1-2-20(18-8-11-22-23(15-18)37-14-4-13-36-22)34-25-24(28)26(33-16-32-25)35-12-3-5-21(35)17-6-9-19(10-7-17)27(29,30)31/h6-11,15-16,20-21H,2-5,12-14H2,1H3,(H,32,33,34). The van der Waals surface area contributed by atoms with Crippen molar-refractivity contribution in [1.82, 2.24) is 9.97 Å². The van der Waals surface area contributed by atoms with E-state index < -0.39 is 17.6 Å². The van der Waals surface area contributed by atoms with Crippen LogP contribution < -0.4 is 19.7 Å². The zero-order valence-corrected chi connectivity index (χ0v) is 20.4. The monoisotopic (exact) mass is 516 g/mol. The summed E-state index contributed by atoms with van der Waals surface area (Å²) in [5.41, 5.74) is 0.896. The van der Waals surface area contributed by atoms with Crippen molar-refractivity contribution in [3.63, 3.8) is 0 Å². The molecule has 37 heavy (non-hydrogen) atoms. The van der Waals surface area contributed by atoms with Gasteiger partial charge in [-0.3, -0.25) is 0 Å². The molecule has 1 saturated heterocycles. The van der Waals surface area contributed by atoms with E-state index in [4.69, 9.17) is 9.47 Å². The minimum atomic E-state index is -4.40. The SMILES string of the molecule is CCC(Nc1ncnc(N2CCCC2c2ccc(C(F)(F)F)cc2)c1F)c1ccc2c(c1)OCCCO2. The van der Waals surface area contributed by atoms with E-state index in [1.165, 1.54) is 18.5 Å². The molecule has 2 aromatic carbocycles. The van der Waals surface area contributed by atoms with Crippen molar-refractivity contribution in [2.75, 3.05) is 30.0 Å². The van der Waals surface area contributed by atoms with Crippen LogP contribution in [-0.2, 0) is 6.18 Å². The molecule has 1 fully saturated rings. The van der Waals surface area contributed by atoms with Crippen molar-refractivity contribution >= 4 is 11.6 Å². The number of hydrogen-bond donors (Lipinski definition) is 1. The number of nitrogens with zero attached hydrogens (tertiary/aromatic N) is 3. The Kier molecular flexibility index (Phi) is 7.08. The van der Waals surface area contributed by atoms with Gasteiger partial charge in [0.25, 0.3) is 0 Å². The fourth-order valence-electron chi connectivity index (χ4n) is 4.91. The Morgan fingerprint density at radius 3 is 2.51 bits per heavy atom. The van der Waals surface area contributed by atoms with E-state index in [-0.39, 0.29) is 23.7 Å². The average molecular weight is 517 g/mol. The molecule has 0 bridgehead atoms. The topological polar surface area (TPSA) is 59.5 Å². The van der Waals surface area contributed by atoms with E-state index in [1.807, 2.05) is 25.1 Å². The Bertz CT molecular complexity index is 1240. The first-order chi connectivity index (χ1) is 17.8. The van der Waals surface area contributed by atoms with Crippen LogP contribution >= 0.6 is 0 Å². The van der Waals surface area contributed by atoms with Gasteiger partial charge in [-0.15, -0.1) is 0 Å². The zero-order chi connectivity index (χ0) is 26.0. The molecule has 10 heteroatoms. The summed E-state index contributed by atoms with van der Waals surface area (Å²) in [5.74, 6) is 0.968. The number of rotatable bonds is 6. The summed E-state index contributed by atoms with van der Waals surface area (Å²) in [6.45, 7) is 3.70. The number of ether oxygens (including phenoxy) is 2. The number of anilines is 2. The molecule has 0 radical (unpaired) electrons. The zero-order valence-electron chi connectivity index (χ0n) is 20.4. The molecule has 3 heterocycles. The highest BCUT2D eigenvalue weighted by molar-refractivity contribution is 5.55. The molecule has 2 atom stereocenters. The van der Waals surface area contributed by atoms with Crippen LogP contribution in [-0.4, -0.2) is 29.7 Å². The van der Waals surface area contributed by atoms with Crippen molar-refractivity contribution in [2.24, 2.45) is 0 Å². The van der Waals surface area contributed by atoms with Gasteiger partial charge in [0.2, 0.25) is 5.82 Å². The summed E-state index contributed by atoms with van der Waals surface area (Å²) < 4.78 is 66.3. The molecular weight excluding hydrogens is 488 g/mol. The third-order valence-electron chi connectivity index (χ3n) is 6.81. The van der Waals surface area contributed by atoms with E-state index in [1.54, 1.807) is 4.90 Å². The second-order valence-corrected chi connectivity index (χ2v) is 9.19. The maximum Gasteiger partial charge on any atom is 0.416 e. The number of halogens is 4. The van der Waals surface area contributed by atoms with Gasteiger partial charge in [0.15, 0.2) is 23.1 Å². The summed E-state index contributed by atoms with van der Waals surface area (Å²) in [4.78, 5) is 10.2. The molecule has 6 nitrogen and oxygen atoms in total. The molecule has 2 aliphatic rings. The fourth-order valence-corrected chi connectivity index (χ4v) is 4.91. The van der Waals surface area contributed by atoms with Crippen LogP contribution in [0.4, 0.5) is 29.2 Å². The second-order valence-electron chi connectivity index (χ2n) is 9.19. The van der Waals surface area contributed by atoms with Gasteiger partial charge < -0.3 is 19.7 Å². The van der Waals surface area contributed by atoms with Gasteiger partial charge in [0.05, 0.1) is 30.9 Å². The average Bonchev–Trinajstić information content (AvgIpc) is 3.25. The van der Waals surface area contributed by atoms with Gasteiger partial charge in [-0.25, -0.2) is 9.97 Å². The van der Waals surface area contributed by atoms with Crippen LogP contribution in [0, 0.1) is 5.82 Å². The molecule has 0 amide bonds. The first-order valence-corrected chi connectivity index (χ1v) is 12.5. The van der Waals surface area contributed by atoms with Crippen LogP contribution in [0.15, 0.2) is 48.8 Å². The van der Waals surface area contributed by atoms with Gasteiger partial charge in [0, 0.05) is 13.0 Å². The summed E-state index contributed by atoms with van der Waals surface area (Å²) in [5, 5.41) is 3.20. The third-order valence-corrected chi connectivity index (χ3v) is 6.81. The third kappa shape index (κ3) is 5.28. The molecule has 5 rings (SSSR count). The van der Waals surface area contributed by atoms with Gasteiger partial charge in [-0.1, -0.05) is 25.1 Å². The number of nitrogens with one attached hydrogen (secondary N) is 1. The highest BCUT2D eigenvalue weighted by Crippen LogP contribution is 2.39. The normalized spacial score (nSPS) is 18.4. The molecule has 1 N–H and O–H groups in total. The molecule has 0 spiro atoms. The first kappa shape index (κ1) is 25.1. The summed E-state index contributed by atoms with van der Waals surface area (Å²) in [7, 11) is 0. The quantitative estimate of drug-likeness (QED) is 0.368. The van der Waals surface area contributed by atoms with Crippen molar-refractivity contribution < 1.29 is 27.0 Å². The van der Waals surface area contributed by atoms with Gasteiger partial charge in [0.1, 0.15) is 6.33 Å². The molecule has 196 valence electrons. The lowest BCUT2D eigenvalue weighted by molar-refractivity contribution is -0.137. The molecule has 2 unspecified atom stereocenters. The van der Waals surface area contributed by atoms with Crippen molar-refractivity contribution in [1.29, 1.82) is 0 Å². The van der Waals surface area contributed by atoms with E-state index in [9.17, 15) is 13.2 Å². The lowest BCUT2D eigenvalue weighted by atomic mass is 10.0. The lowest BCUT2D eigenvalue weighted by Crippen LogP contribution is -2.25. The molecule has 2 aliphatic heterocycles. The van der Waals surface area contributed by atoms with E-state index in [0.717, 1.165) is 30.5 Å². The maximum atomic E-state index is 15.8. The Hall–Kier alpha value is -3.56. The van der Waals surface area contributed by atoms with Gasteiger partial charge in [-0.2, -0.15) is 17.6 Å². The minimum Gasteiger partial charge on any atom is -0.490 e. The van der Waals surface area contributed by atoms with E-state index in [2.05, 4.69) is 15.3 Å². The Morgan fingerprint density at radius 1 is 1.03 bits per heavy atom. The summed E-state index contributed by atoms with van der Waals surface area (Å²) in [6, 6.07) is 10.2. The number of alkyl halides is 3. The highest BCUT2D eigenvalue weighted by atomic mass is 19.4. The van der Waals surface area contributed by atoms with E-state index in [0.29, 0.717) is 49.7 Å². The van der Waals surface area contributed by atoms with Crippen LogP contribution in [0.2, 0.25) is 0 Å². The van der Waals surface area contributed by atoms with Crippen LogP contribution in [0.5, 0.6) is 11.5 Å². The predicted molar refractivity (Wildman–Crippen MR) is 131 cm³/mol. The number of benzene rings is 2. The van der Waals surface area contributed by atoms with Crippen LogP contribution in [0.1, 0.15) is 61.4 Å². The smallest absolute Gasteiger partial charge is 0.416 e. The molecule has 1 aromatic heterocycles. The summed E-state index contributed by atoms with van der Waals surface area (Å²) in [6.07, 6.45) is -0.170. The maximum absolute atomic E-state index is 15.8. The van der Waals surface area contributed by atoms with Gasteiger partial charge in [-0.05, 0) is 54.7 Å². The Balaban J connectivity index is 1.38.